The van der Waals surface area contributed by atoms with Crippen LogP contribution in [-0.4, -0.2) is 5.91 Å². The number of halogens is 2. The maximum atomic E-state index is 12.8. The van der Waals surface area contributed by atoms with Crippen molar-refractivity contribution in [2.75, 3.05) is 5.32 Å². The molecule has 3 rings (SSSR count). The molecule has 5 heteroatoms. The van der Waals surface area contributed by atoms with Gasteiger partial charge in [0.15, 0.2) is 0 Å². The van der Waals surface area contributed by atoms with E-state index in [1.807, 2.05) is 55.5 Å². The van der Waals surface area contributed by atoms with Crippen molar-refractivity contribution in [3.63, 3.8) is 0 Å². The fourth-order valence-corrected chi connectivity index (χ4v) is 3.15. The van der Waals surface area contributed by atoms with Crippen molar-refractivity contribution in [2.24, 2.45) is 0 Å². The van der Waals surface area contributed by atoms with Crippen LogP contribution in [0.5, 0.6) is 5.75 Å². The van der Waals surface area contributed by atoms with Crippen LogP contribution in [-0.2, 0) is 6.61 Å². The molecule has 1 N–H and O–H groups in total. The molecule has 0 aliphatic heterocycles. The Balaban J connectivity index is 1.81. The van der Waals surface area contributed by atoms with Crippen LogP contribution in [0.4, 0.5) is 5.69 Å². The fraction of sp³-hybridized carbons (Fsp3) is 0.0952. The molecule has 0 atom stereocenters. The molecule has 0 radical (unpaired) electrons. The van der Waals surface area contributed by atoms with Crippen LogP contribution in [0.1, 0.15) is 21.5 Å². The van der Waals surface area contributed by atoms with E-state index in [0.717, 1.165) is 21.3 Å². The van der Waals surface area contributed by atoms with Gasteiger partial charge in [0.25, 0.3) is 5.91 Å². The summed E-state index contributed by atoms with van der Waals surface area (Å²) < 4.78 is 6.82. The summed E-state index contributed by atoms with van der Waals surface area (Å²) >= 11 is 9.51. The van der Waals surface area contributed by atoms with Crippen LogP contribution in [0.25, 0.3) is 0 Å². The fourth-order valence-electron chi connectivity index (χ4n) is 2.50. The van der Waals surface area contributed by atoms with Crippen molar-refractivity contribution in [1.29, 1.82) is 0 Å². The van der Waals surface area contributed by atoms with E-state index in [0.29, 0.717) is 22.9 Å². The van der Waals surface area contributed by atoms with E-state index < -0.39 is 0 Å². The largest absolute Gasteiger partial charge is 0.488 e. The number of rotatable bonds is 5. The van der Waals surface area contributed by atoms with Gasteiger partial charge >= 0.3 is 0 Å². The van der Waals surface area contributed by atoms with Gasteiger partial charge in [0.1, 0.15) is 12.4 Å². The van der Waals surface area contributed by atoms with E-state index in [4.69, 9.17) is 16.3 Å². The molecular formula is C21H17BrClNO2. The molecule has 0 aliphatic carbocycles. The molecule has 0 saturated carbocycles. The Bertz CT molecular complexity index is 929. The molecule has 0 fully saturated rings. The van der Waals surface area contributed by atoms with Crippen molar-refractivity contribution < 1.29 is 9.53 Å². The third kappa shape index (κ3) is 4.65. The van der Waals surface area contributed by atoms with E-state index in [9.17, 15) is 4.79 Å². The summed E-state index contributed by atoms with van der Waals surface area (Å²) in [4.78, 5) is 12.8. The molecule has 0 saturated heterocycles. The zero-order valence-corrected chi connectivity index (χ0v) is 16.5. The second-order valence-corrected chi connectivity index (χ2v) is 7.18. The van der Waals surface area contributed by atoms with Crippen LogP contribution < -0.4 is 10.1 Å². The summed E-state index contributed by atoms with van der Waals surface area (Å²) in [6.07, 6.45) is 0. The molecule has 0 bridgehead atoms. The molecule has 0 spiro atoms. The highest BCUT2D eigenvalue weighted by Crippen LogP contribution is 2.26. The lowest BCUT2D eigenvalue weighted by molar-refractivity contribution is 0.102. The van der Waals surface area contributed by atoms with Gasteiger partial charge in [0, 0.05) is 15.2 Å². The Kier molecular flexibility index (Phi) is 5.96. The van der Waals surface area contributed by atoms with Gasteiger partial charge < -0.3 is 10.1 Å². The van der Waals surface area contributed by atoms with E-state index in [-0.39, 0.29) is 5.91 Å². The van der Waals surface area contributed by atoms with Gasteiger partial charge in [0.05, 0.1) is 5.56 Å². The topological polar surface area (TPSA) is 38.3 Å². The highest BCUT2D eigenvalue weighted by Gasteiger charge is 2.15. The SMILES string of the molecule is Cc1cc(Br)ccc1NC(=O)c1cc(Cl)ccc1OCc1ccccc1. The highest BCUT2D eigenvalue weighted by atomic mass is 79.9. The molecule has 3 nitrogen and oxygen atoms in total. The lowest BCUT2D eigenvalue weighted by Crippen LogP contribution is -2.14. The van der Waals surface area contributed by atoms with E-state index in [1.54, 1.807) is 18.2 Å². The van der Waals surface area contributed by atoms with Gasteiger partial charge in [-0.25, -0.2) is 0 Å². The van der Waals surface area contributed by atoms with Crippen molar-refractivity contribution in [3.8, 4) is 5.75 Å². The summed E-state index contributed by atoms with van der Waals surface area (Å²) in [5.74, 6) is 0.228. The Morgan fingerprint density at radius 1 is 1.08 bits per heavy atom. The molecule has 1 amide bonds. The lowest BCUT2D eigenvalue weighted by Gasteiger charge is -2.13. The van der Waals surface area contributed by atoms with Gasteiger partial charge in [-0.05, 0) is 54.4 Å². The number of hydrogen-bond acceptors (Lipinski definition) is 2. The zero-order valence-electron chi connectivity index (χ0n) is 14.1. The molecule has 0 unspecified atom stereocenters. The number of carbonyl (C=O) groups excluding carboxylic acids is 1. The Morgan fingerprint density at radius 3 is 2.58 bits per heavy atom. The highest BCUT2D eigenvalue weighted by molar-refractivity contribution is 9.10. The zero-order chi connectivity index (χ0) is 18.5. The van der Waals surface area contributed by atoms with Crippen LogP contribution in [0, 0.1) is 6.92 Å². The van der Waals surface area contributed by atoms with Crippen LogP contribution in [0.3, 0.4) is 0 Å². The van der Waals surface area contributed by atoms with Crippen molar-refractivity contribution in [2.45, 2.75) is 13.5 Å². The quantitative estimate of drug-likeness (QED) is 0.520. The van der Waals surface area contributed by atoms with E-state index >= 15 is 0 Å². The maximum Gasteiger partial charge on any atom is 0.259 e. The monoisotopic (exact) mass is 429 g/mol. The summed E-state index contributed by atoms with van der Waals surface area (Å²) in [7, 11) is 0. The third-order valence-electron chi connectivity index (χ3n) is 3.86. The number of anilines is 1. The average molecular weight is 431 g/mol. The maximum absolute atomic E-state index is 12.8. The smallest absolute Gasteiger partial charge is 0.259 e. The molecule has 132 valence electrons. The molecule has 3 aromatic carbocycles. The molecule has 3 aromatic rings. The normalized spacial score (nSPS) is 10.4. The van der Waals surface area contributed by atoms with Gasteiger partial charge in [-0.3, -0.25) is 4.79 Å². The minimum atomic E-state index is -0.263. The predicted molar refractivity (Wildman–Crippen MR) is 109 cm³/mol. The van der Waals surface area contributed by atoms with Crippen LogP contribution in [0.2, 0.25) is 5.02 Å². The Labute approximate surface area is 166 Å². The van der Waals surface area contributed by atoms with E-state index in [2.05, 4.69) is 21.2 Å². The molecule has 0 aromatic heterocycles. The van der Waals surface area contributed by atoms with Crippen molar-refractivity contribution in [1.82, 2.24) is 0 Å². The number of nitrogens with one attached hydrogen (secondary N) is 1. The van der Waals surface area contributed by atoms with Gasteiger partial charge in [0.2, 0.25) is 0 Å². The Morgan fingerprint density at radius 2 is 1.85 bits per heavy atom. The summed E-state index contributed by atoms with van der Waals surface area (Å²) in [6.45, 7) is 2.31. The van der Waals surface area contributed by atoms with Gasteiger partial charge in [-0.1, -0.05) is 57.9 Å². The van der Waals surface area contributed by atoms with Crippen molar-refractivity contribution >= 4 is 39.1 Å². The second-order valence-electron chi connectivity index (χ2n) is 5.83. The Hall–Kier alpha value is -2.30. The average Bonchev–Trinajstić information content (AvgIpc) is 2.63. The first kappa shape index (κ1) is 18.5. The number of carbonyl (C=O) groups is 1. The first-order valence-corrected chi connectivity index (χ1v) is 9.24. The number of hydrogen-bond donors (Lipinski definition) is 1. The van der Waals surface area contributed by atoms with Crippen LogP contribution in [0.15, 0.2) is 71.2 Å². The van der Waals surface area contributed by atoms with Gasteiger partial charge in [-0.2, -0.15) is 0 Å². The lowest BCUT2D eigenvalue weighted by atomic mass is 10.1. The summed E-state index contributed by atoms with van der Waals surface area (Å²) in [5, 5.41) is 3.40. The number of ether oxygens (including phenoxy) is 1. The third-order valence-corrected chi connectivity index (χ3v) is 4.59. The molecular weight excluding hydrogens is 414 g/mol. The number of benzene rings is 3. The summed E-state index contributed by atoms with van der Waals surface area (Å²) in [6, 6.07) is 20.5. The number of amides is 1. The minimum Gasteiger partial charge on any atom is -0.488 e. The molecule has 0 heterocycles. The second kappa shape index (κ2) is 8.39. The van der Waals surface area contributed by atoms with Crippen LogP contribution >= 0.6 is 27.5 Å². The summed E-state index contributed by atoms with van der Waals surface area (Å²) in [5.41, 5.74) is 3.13. The number of aryl methyl sites for hydroxylation is 1. The predicted octanol–water partition coefficient (Wildman–Crippen LogP) is 6.24. The standard InChI is InChI=1S/C21H17BrClNO2/c1-14-11-16(22)7-9-19(14)24-21(25)18-12-17(23)8-10-20(18)26-13-15-5-3-2-4-6-15/h2-12H,13H2,1H3,(H,24,25). The van der Waals surface area contributed by atoms with Gasteiger partial charge in [-0.15, -0.1) is 0 Å². The first-order valence-electron chi connectivity index (χ1n) is 8.07. The van der Waals surface area contributed by atoms with E-state index in [1.165, 1.54) is 0 Å². The molecule has 0 aliphatic rings. The molecule has 26 heavy (non-hydrogen) atoms. The minimum absolute atomic E-state index is 0.263. The first-order chi connectivity index (χ1) is 12.5. The van der Waals surface area contributed by atoms with Crippen molar-refractivity contribution in [3.05, 3.63) is 92.9 Å².